The molecule has 11 nitrogen and oxygen atoms in total. The number of nitrogens with one attached hydrogen (secondary N) is 2. The molecular weight excluding hydrogens is 711 g/mol. The van der Waals surface area contributed by atoms with Crippen LogP contribution in [0.4, 0.5) is 4.79 Å². The van der Waals surface area contributed by atoms with Crippen molar-refractivity contribution < 1.29 is 38.2 Å². The first kappa shape index (κ1) is 43.3. The van der Waals surface area contributed by atoms with Crippen molar-refractivity contribution in [3.63, 3.8) is 0 Å². The number of benzene rings is 2. The maximum Gasteiger partial charge on any atom is 0.410 e. The van der Waals surface area contributed by atoms with Crippen molar-refractivity contribution in [2.45, 2.75) is 103 Å². The van der Waals surface area contributed by atoms with Crippen LogP contribution in [0.3, 0.4) is 0 Å². The third-order valence-corrected chi connectivity index (χ3v) is 9.98. The number of ketones is 1. The summed E-state index contributed by atoms with van der Waals surface area (Å²) in [5.74, 6) is -2.06. The van der Waals surface area contributed by atoms with Crippen molar-refractivity contribution >= 4 is 29.7 Å². The number of carbonyl (C=O) groups is 5. The van der Waals surface area contributed by atoms with Crippen LogP contribution in [-0.2, 0) is 36.9 Å². The van der Waals surface area contributed by atoms with E-state index in [2.05, 4.69) is 17.2 Å². The minimum atomic E-state index is -0.988. The molecule has 0 fully saturated rings. The molecule has 5 atom stereocenters. The quantitative estimate of drug-likeness (QED) is 0.161. The van der Waals surface area contributed by atoms with Crippen molar-refractivity contribution in [3.8, 4) is 5.75 Å². The predicted molar refractivity (Wildman–Crippen MR) is 216 cm³/mol. The molecule has 0 bridgehead atoms. The molecule has 2 aliphatic rings. The summed E-state index contributed by atoms with van der Waals surface area (Å²) < 4.78 is 16.2. The van der Waals surface area contributed by atoms with Crippen molar-refractivity contribution in [1.82, 2.24) is 15.5 Å². The monoisotopic (exact) mass is 767 g/mol. The molecule has 56 heavy (non-hydrogen) atoms. The molecule has 4 rings (SSSR count). The first-order valence-corrected chi connectivity index (χ1v) is 19.3. The second-order valence-corrected chi connectivity index (χ2v) is 15.5. The third kappa shape index (κ3) is 13.1. The molecular formula is C45H57N3O8. The lowest BCUT2D eigenvalue weighted by atomic mass is 9.76. The molecule has 3 amide bonds. The summed E-state index contributed by atoms with van der Waals surface area (Å²) in [6.45, 7) is 11.2. The number of rotatable bonds is 13. The number of methoxy groups -OCH3 is 1. The van der Waals surface area contributed by atoms with E-state index in [4.69, 9.17) is 14.2 Å². The van der Waals surface area contributed by atoms with Crippen LogP contribution < -0.4 is 15.4 Å². The number of carbonyl (C=O) groups excluding carboxylic acids is 5. The van der Waals surface area contributed by atoms with Crippen LogP contribution in [0.5, 0.6) is 5.75 Å². The lowest BCUT2D eigenvalue weighted by molar-refractivity contribution is -0.137. The van der Waals surface area contributed by atoms with Gasteiger partial charge in [0, 0.05) is 19.0 Å². The molecule has 0 aliphatic heterocycles. The molecule has 2 aliphatic carbocycles. The fraction of sp³-hybridized carbons (Fsp3) is 0.444. The Labute approximate surface area is 331 Å². The Morgan fingerprint density at radius 2 is 1.55 bits per heavy atom. The number of amides is 3. The molecule has 0 aromatic heterocycles. The van der Waals surface area contributed by atoms with Gasteiger partial charge in [-0.1, -0.05) is 72.9 Å². The lowest BCUT2D eigenvalue weighted by Crippen LogP contribution is -2.54. The van der Waals surface area contributed by atoms with Crippen LogP contribution in [0, 0.1) is 11.8 Å². The third-order valence-electron chi connectivity index (χ3n) is 9.98. The first-order valence-electron chi connectivity index (χ1n) is 19.3. The summed E-state index contributed by atoms with van der Waals surface area (Å²) in [5.41, 5.74) is 2.35. The molecule has 0 spiro atoms. The number of hydrogen-bond donors (Lipinski definition) is 2. The smallest absolute Gasteiger partial charge is 0.410 e. The van der Waals surface area contributed by atoms with Gasteiger partial charge in [-0.05, 0) is 108 Å². The number of ether oxygens (including phenoxy) is 3. The fourth-order valence-electron chi connectivity index (χ4n) is 6.57. The molecule has 2 aromatic rings. The minimum Gasteiger partial charge on any atom is -0.489 e. The van der Waals surface area contributed by atoms with E-state index in [9.17, 15) is 24.0 Å². The van der Waals surface area contributed by atoms with Crippen LogP contribution in [0.1, 0.15) is 87.7 Å². The van der Waals surface area contributed by atoms with Gasteiger partial charge in [-0.2, -0.15) is 0 Å². The minimum absolute atomic E-state index is 0.0839. The zero-order valence-electron chi connectivity index (χ0n) is 33.5. The van der Waals surface area contributed by atoms with Gasteiger partial charge in [-0.25, -0.2) is 9.59 Å². The van der Waals surface area contributed by atoms with E-state index in [1.54, 1.807) is 64.1 Å². The van der Waals surface area contributed by atoms with E-state index >= 15 is 0 Å². The number of allylic oxidation sites excluding steroid dienone is 6. The predicted octanol–water partition coefficient (Wildman–Crippen LogP) is 7.21. The Balaban J connectivity index is 1.51. The van der Waals surface area contributed by atoms with Gasteiger partial charge < -0.3 is 24.8 Å². The highest BCUT2D eigenvalue weighted by Gasteiger charge is 2.39. The highest BCUT2D eigenvalue weighted by atomic mass is 16.6. The number of Topliss-reactive ketones (excluding diaryl/α,β-unsaturated/α-hetero) is 1. The normalized spacial score (nSPS) is 20.7. The van der Waals surface area contributed by atoms with Gasteiger partial charge in [-0.3, -0.25) is 19.3 Å². The van der Waals surface area contributed by atoms with Crippen molar-refractivity contribution in [3.05, 3.63) is 114 Å². The van der Waals surface area contributed by atoms with Crippen LogP contribution >= 0.6 is 0 Å². The maximum absolute atomic E-state index is 14.6. The number of nitrogens with zero attached hydrogens (tertiary/aromatic N) is 1. The fourth-order valence-corrected chi connectivity index (χ4v) is 6.57. The molecule has 0 radical (unpaired) electrons. The molecule has 300 valence electrons. The summed E-state index contributed by atoms with van der Waals surface area (Å²) in [5, 5.41) is 6.16. The largest absolute Gasteiger partial charge is 0.489 e. The van der Waals surface area contributed by atoms with E-state index in [1.807, 2.05) is 48.6 Å². The Bertz CT molecular complexity index is 1790. The topological polar surface area (TPSA) is 140 Å². The SMILES string of the molecule is C=C1/C=C\C=C/C[C@H](NC(=O)[C@@H]2CC=CC[C@H]2C(=O)[C@H](Cc2ccc(OCc3ccc(C(=O)OC)cc3)cc2)NC(=O)[C@H](C)N(C)C(=O)OC(C)(C)C)CCC1. The highest BCUT2D eigenvalue weighted by molar-refractivity contribution is 5.96. The van der Waals surface area contributed by atoms with Gasteiger partial charge in [-0.15, -0.1) is 0 Å². The van der Waals surface area contributed by atoms with Crippen LogP contribution in [-0.4, -0.2) is 72.4 Å². The standard InChI is InChI=1S/C45H57N3O8/c1-30-14-9-8-10-16-35(17-13-15-30)46-42(51)38-19-12-11-18-37(38)40(49)39(47-41(50)31(2)48(6)44(53)56-45(3,4)5)28-32-22-26-36(27-23-32)55-29-33-20-24-34(25-21-33)43(52)54-7/h8-12,14,20-27,31,35,37-39H,1,13,15-19,28-29H2,2-7H3,(H,46,51)(H,47,50)/b10-8-,14-9-/t31-,35-,37+,38+,39-/m0/s1. The molecule has 0 heterocycles. The molecule has 0 saturated carbocycles. The summed E-state index contributed by atoms with van der Waals surface area (Å²) in [6.07, 6.45) is 15.3. The van der Waals surface area contributed by atoms with Crippen LogP contribution in [0.2, 0.25) is 0 Å². The summed E-state index contributed by atoms with van der Waals surface area (Å²) >= 11 is 0. The lowest BCUT2D eigenvalue weighted by Gasteiger charge is -2.32. The van der Waals surface area contributed by atoms with Gasteiger partial charge in [0.2, 0.25) is 11.8 Å². The zero-order chi connectivity index (χ0) is 40.8. The Morgan fingerprint density at radius 3 is 2.21 bits per heavy atom. The molecule has 2 aromatic carbocycles. The number of esters is 1. The summed E-state index contributed by atoms with van der Waals surface area (Å²) in [7, 11) is 2.81. The average Bonchev–Trinajstić information content (AvgIpc) is 3.18. The Hall–Kier alpha value is -5.45. The van der Waals surface area contributed by atoms with E-state index < -0.39 is 47.5 Å². The second kappa shape index (κ2) is 20.5. The Morgan fingerprint density at radius 1 is 0.893 bits per heavy atom. The van der Waals surface area contributed by atoms with Gasteiger partial charge in [0.1, 0.15) is 24.0 Å². The van der Waals surface area contributed by atoms with Crippen LogP contribution in [0.15, 0.2) is 97.1 Å². The second-order valence-electron chi connectivity index (χ2n) is 15.5. The van der Waals surface area contributed by atoms with Gasteiger partial charge in [0.25, 0.3) is 0 Å². The van der Waals surface area contributed by atoms with Gasteiger partial charge in [0.15, 0.2) is 5.78 Å². The van der Waals surface area contributed by atoms with E-state index in [1.165, 1.54) is 19.1 Å². The van der Waals surface area contributed by atoms with E-state index in [0.717, 1.165) is 36.0 Å². The first-order chi connectivity index (χ1) is 26.6. The summed E-state index contributed by atoms with van der Waals surface area (Å²) in [4.78, 5) is 68.0. The number of likely N-dealkylation sites (N-methyl/N-ethyl adjacent to an activating group) is 1. The molecule has 0 unspecified atom stereocenters. The van der Waals surface area contributed by atoms with Crippen molar-refractivity contribution in [1.29, 1.82) is 0 Å². The van der Waals surface area contributed by atoms with Crippen molar-refractivity contribution in [2.24, 2.45) is 11.8 Å². The van der Waals surface area contributed by atoms with Crippen LogP contribution in [0.25, 0.3) is 0 Å². The average molecular weight is 768 g/mol. The van der Waals surface area contributed by atoms with E-state index in [-0.39, 0.29) is 30.8 Å². The van der Waals surface area contributed by atoms with Gasteiger partial charge >= 0.3 is 12.1 Å². The highest BCUT2D eigenvalue weighted by Crippen LogP contribution is 2.30. The van der Waals surface area contributed by atoms with Gasteiger partial charge in [0.05, 0.1) is 24.6 Å². The summed E-state index contributed by atoms with van der Waals surface area (Å²) in [6, 6.07) is 12.2. The Kier molecular flexibility index (Phi) is 15.8. The van der Waals surface area contributed by atoms with Crippen molar-refractivity contribution in [2.75, 3.05) is 14.2 Å². The zero-order valence-corrected chi connectivity index (χ0v) is 33.5. The number of hydrogen-bond acceptors (Lipinski definition) is 8. The molecule has 11 heteroatoms. The maximum atomic E-state index is 14.6. The van der Waals surface area contributed by atoms with E-state index in [0.29, 0.717) is 30.6 Å². The molecule has 2 N–H and O–H groups in total. The molecule has 0 saturated heterocycles.